The van der Waals surface area contributed by atoms with Gasteiger partial charge in [-0.1, -0.05) is 6.07 Å². The van der Waals surface area contributed by atoms with Crippen LogP contribution in [0.5, 0.6) is 0 Å². The molecule has 2 aromatic rings. The highest BCUT2D eigenvalue weighted by atomic mass is 79.9. The van der Waals surface area contributed by atoms with E-state index in [9.17, 15) is 0 Å². The van der Waals surface area contributed by atoms with Crippen molar-refractivity contribution in [2.45, 2.75) is 20.4 Å². The first-order chi connectivity index (χ1) is 8.08. The average molecular weight is 311 g/mol. The Morgan fingerprint density at radius 1 is 1.35 bits per heavy atom. The van der Waals surface area contributed by atoms with Gasteiger partial charge in [0.15, 0.2) is 0 Å². The molecule has 1 aromatic carbocycles. The predicted molar refractivity (Wildman–Crippen MR) is 79.7 cm³/mol. The molecule has 90 valence electrons. The van der Waals surface area contributed by atoms with Crippen molar-refractivity contribution in [1.82, 2.24) is 0 Å². The quantitative estimate of drug-likeness (QED) is 0.886. The summed E-state index contributed by atoms with van der Waals surface area (Å²) in [6.45, 7) is 4.97. The smallest absolute Gasteiger partial charge is 0.0517 e. The highest BCUT2D eigenvalue weighted by Crippen LogP contribution is 2.29. The van der Waals surface area contributed by atoms with E-state index in [1.807, 2.05) is 11.4 Å². The van der Waals surface area contributed by atoms with Crippen molar-refractivity contribution in [2.24, 2.45) is 0 Å². The summed E-state index contributed by atoms with van der Waals surface area (Å²) in [4.78, 5) is 1.18. The lowest BCUT2D eigenvalue weighted by atomic mass is 10.1. The summed E-state index contributed by atoms with van der Waals surface area (Å²) in [6, 6.07) is 6.23. The van der Waals surface area contributed by atoms with Gasteiger partial charge in [0, 0.05) is 15.0 Å². The molecule has 0 spiro atoms. The summed E-state index contributed by atoms with van der Waals surface area (Å²) in [5.74, 6) is 0. The van der Waals surface area contributed by atoms with E-state index in [2.05, 4.69) is 47.2 Å². The molecule has 0 amide bonds. The van der Waals surface area contributed by atoms with Crippen LogP contribution in [0.3, 0.4) is 0 Å². The summed E-state index contributed by atoms with van der Waals surface area (Å²) in [5.41, 5.74) is 10.4. The second kappa shape index (κ2) is 5.10. The summed E-state index contributed by atoms with van der Waals surface area (Å²) >= 11 is 5.27. The molecular formula is C13H15BrN2S. The van der Waals surface area contributed by atoms with E-state index < -0.39 is 0 Å². The maximum absolute atomic E-state index is 5.86. The summed E-state index contributed by atoms with van der Waals surface area (Å²) in [5, 5.41) is 5.45. The highest BCUT2D eigenvalue weighted by Gasteiger charge is 2.06. The third-order valence-corrected chi connectivity index (χ3v) is 4.20. The minimum atomic E-state index is 0.770. The van der Waals surface area contributed by atoms with Crippen molar-refractivity contribution in [3.05, 3.63) is 44.1 Å². The Bertz CT molecular complexity index is 511. The number of rotatable bonds is 3. The van der Waals surface area contributed by atoms with Crippen molar-refractivity contribution in [3.63, 3.8) is 0 Å². The summed E-state index contributed by atoms with van der Waals surface area (Å²) in [6.07, 6.45) is 0. The topological polar surface area (TPSA) is 38.0 Å². The van der Waals surface area contributed by atoms with Gasteiger partial charge in [0.25, 0.3) is 0 Å². The van der Waals surface area contributed by atoms with E-state index in [0.29, 0.717) is 0 Å². The fraction of sp³-hybridized carbons (Fsp3) is 0.231. The number of halogens is 1. The fourth-order valence-corrected chi connectivity index (χ4v) is 3.35. The Morgan fingerprint density at radius 3 is 2.71 bits per heavy atom. The molecule has 0 aliphatic carbocycles. The standard InChI is InChI=1S/C13H15BrN2S/c1-8-5-9(2)13(10(14)6-8)16-7-12-11(15)3-4-17-12/h3-6,16H,7,15H2,1-2H3. The molecule has 2 nitrogen and oxygen atoms in total. The van der Waals surface area contributed by atoms with E-state index in [1.165, 1.54) is 16.0 Å². The molecule has 1 aromatic heterocycles. The monoisotopic (exact) mass is 310 g/mol. The SMILES string of the molecule is Cc1cc(C)c(NCc2sccc2N)c(Br)c1. The van der Waals surface area contributed by atoms with Crippen LogP contribution in [-0.2, 0) is 6.54 Å². The van der Waals surface area contributed by atoms with Crippen LogP contribution in [0.15, 0.2) is 28.1 Å². The number of anilines is 2. The second-order valence-electron chi connectivity index (χ2n) is 4.09. The van der Waals surface area contributed by atoms with Gasteiger partial charge in [0.05, 0.1) is 12.2 Å². The lowest BCUT2D eigenvalue weighted by molar-refractivity contribution is 1.17. The maximum Gasteiger partial charge on any atom is 0.0517 e. The number of thiophene rings is 1. The number of benzene rings is 1. The second-order valence-corrected chi connectivity index (χ2v) is 5.95. The summed E-state index contributed by atoms with van der Waals surface area (Å²) < 4.78 is 1.10. The van der Waals surface area contributed by atoms with E-state index in [-0.39, 0.29) is 0 Å². The molecule has 0 radical (unpaired) electrons. The molecular weight excluding hydrogens is 296 g/mol. The molecule has 0 aliphatic heterocycles. The van der Waals surface area contributed by atoms with Gasteiger partial charge in [0.2, 0.25) is 0 Å². The first kappa shape index (κ1) is 12.5. The van der Waals surface area contributed by atoms with E-state index in [0.717, 1.165) is 22.4 Å². The van der Waals surface area contributed by atoms with Crippen molar-refractivity contribution in [1.29, 1.82) is 0 Å². The number of nitrogen functional groups attached to an aromatic ring is 1. The minimum Gasteiger partial charge on any atom is -0.398 e. The minimum absolute atomic E-state index is 0.770. The Hall–Kier alpha value is -1.00. The van der Waals surface area contributed by atoms with Crippen LogP contribution in [-0.4, -0.2) is 0 Å². The van der Waals surface area contributed by atoms with E-state index in [1.54, 1.807) is 11.3 Å². The fourth-order valence-electron chi connectivity index (χ4n) is 1.80. The van der Waals surface area contributed by atoms with Gasteiger partial charge < -0.3 is 11.1 Å². The van der Waals surface area contributed by atoms with Gasteiger partial charge in [-0.25, -0.2) is 0 Å². The van der Waals surface area contributed by atoms with Gasteiger partial charge >= 0.3 is 0 Å². The zero-order valence-corrected chi connectivity index (χ0v) is 12.3. The molecule has 2 rings (SSSR count). The number of hydrogen-bond acceptors (Lipinski definition) is 3. The normalized spacial score (nSPS) is 10.5. The number of aryl methyl sites for hydroxylation is 2. The molecule has 0 atom stereocenters. The Kier molecular flexibility index (Phi) is 3.74. The zero-order chi connectivity index (χ0) is 12.4. The van der Waals surface area contributed by atoms with Crippen molar-refractivity contribution in [2.75, 3.05) is 11.1 Å². The molecule has 4 heteroatoms. The van der Waals surface area contributed by atoms with Crippen LogP contribution < -0.4 is 11.1 Å². The van der Waals surface area contributed by atoms with Gasteiger partial charge in [-0.3, -0.25) is 0 Å². The molecule has 17 heavy (non-hydrogen) atoms. The Balaban J connectivity index is 2.17. The van der Waals surface area contributed by atoms with E-state index in [4.69, 9.17) is 5.73 Å². The van der Waals surface area contributed by atoms with Crippen LogP contribution in [0, 0.1) is 13.8 Å². The third-order valence-electron chi connectivity index (χ3n) is 2.64. The Morgan fingerprint density at radius 2 is 2.12 bits per heavy atom. The molecule has 0 saturated heterocycles. The number of nitrogens with one attached hydrogen (secondary N) is 1. The average Bonchev–Trinajstić information content (AvgIpc) is 2.62. The molecule has 3 N–H and O–H groups in total. The molecule has 0 aliphatic rings. The van der Waals surface area contributed by atoms with Crippen LogP contribution in [0.2, 0.25) is 0 Å². The van der Waals surface area contributed by atoms with Crippen LogP contribution in [0.4, 0.5) is 11.4 Å². The number of nitrogens with two attached hydrogens (primary N) is 1. The lowest BCUT2D eigenvalue weighted by Crippen LogP contribution is -2.02. The largest absolute Gasteiger partial charge is 0.398 e. The van der Waals surface area contributed by atoms with Crippen LogP contribution in [0.25, 0.3) is 0 Å². The van der Waals surface area contributed by atoms with Gasteiger partial charge in [-0.05, 0) is 58.4 Å². The van der Waals surface area contributed by atoms with Gasteiger partial charge in [0.1, 0.15) is 0 Å². The molecule has 0 saturated carbocycles. The van der Waals surface area contributed by atoms with Crippen LogP contribution in [0.1, 0.15) is 16.0 Å². The molecule has 0 fully saturated rings. The summed E-state index contributed by atoms with van der Waals surface area (Å²) in [7, 11) is 0. The number of hydrogen-bond donors (Lipinski definition) is 2. The predicted octanol–water partition coefficient (Wildman–Crippen LogP) is 4.32. The highest BCUT2D eigenvalue weighted by molar-refractivity contribution is 9.10. The van der Waals surface area contributed by atoms with E-state index >= 15 is 0 Å². The van der Waals surface area contributed by atoms with Gasteiger partial charge in [-0.2, -0.15) is 0 Å². The lowest BCUT2D eigenvalue weighted by Gasteiger charge is -2.12. The maximum atomic E-state index is 5.86. The molecule has 1 heterocycles. The molecule has 0 unspecified atom stereocenters. The first-order valence-electron chi connectivity index (χ1n) is 5.40. The molecule has 0 bridgehead atoms. The van der Waals surface area contributed by atoms with Crippen molar-refractivity contribution < 1.29 is 0 Å². The third kappa shape index (κ3) is 2.82. The van der Waals surface area contributed by atoms with Crippen molar-refractivity contribution >= 4 is 38.6 Å². The van der Waals surface area contributed by atoms with Gasteiger partial charge in [-0.15, -0.1) is 11.3 Å². The zero-order valence-electron chi connectivity index (χ0n) is 9.88. The Labute approximate surface area is 114 Å². The van der Waals surface area contributed by atoms with Crippen molar-refractivity contribution in [3.8, 4) is 0 Å². The first-order valence-corrected chi connectivity index (χ1v) is 7.07. The van der Waals surface area contributed by atoms with Crippen LogP contribution >= 0.6 is 27.3 Å².